The van der Waals surface area contributed by atoms with E-state index in [1.807, 2.05) is 0 Å². The van der Waals surface area contributed by atoms with E-state index in [-0.39, 0.29) is 12.1 Å². The molecule has 3 heteroatoms. The van der Waals surface area contributed by atoms with Gasteiger partial charge in [-0.05, 0) is 0 Å². The summed E-state index contributed by atoms with van der Waals surface area (Å²) in [7, 11) is 0. The lowest BCUT2D eigenvalue weighted by Crippen LogP contribution is -2.53. The Hall–Kier alpha value is -1.09. The van der Waals surface area contributed by atoms with Crippen LogP contribution < -0.4 is 0 Å². The summed E-state index contributed by atoms with van der Waals surface area (Å²) in [6.07, 6.45) is 3.80. The average Bonchev–Trinajstić information content (AvgIpc) is 2.08. The van der Waals surface area contributed by atoms with Gasteiger partial charge in [0, 0.05) is 6.54 Å². The van der Waals surface area contributed by atoms with Crippen LogP contribution in [0.4, 0.5) is 0 Å². The monoisotopic (exact) mass is 167 g/mol. The van der Waals surface area contributed by atoms with Crippen LogP contribution in [0.15, 0.2) is 25.3 Å². The molecule has 0 aromatic heterocycles. The lowest BCUT2D eigenvalue weighted by atomic mass is 10.1. The Morgan fingerprint density at radius 3 is 2.83 bits per heavy atom. The van der Waals surface area contributed by atoms with Gasteiger partial charge in [-0.25, -0.2) is 0 Å². The van der Waals surface area contributed by atoms with Gasteiger partial charge in [0.05, 0.1) is 13.0 Å². The van der Waals surface area contributed by atoms with Gasteiger partial charge < -0.3 is 9.64 Å². The minimum absolute atomic E-state index is 0.0616. The third-order valence-corrected chi connectivity index (χ3v) is 1.75. The zero-order chi connectivity index (χ0) is 8.97. The summed E-state index contributed by atoms with van der Waals surface area (Å²) in [6, 6.07) is 0. The lowest BCUT2D eigenvalue weighted by Gasteiger charge is -2.38. The normalized spacial score (nSPS) is 21.8. The van der Waals surface area contributed by atoms with Gasteiger partial charge in [-0.15, -0.1) is 13.2 Å². The molecule has 12 heavy (non-hydrogen) atoms. The Bertz CT molecular complexity index is 201. The average molecular weight is 167 g/mol. The van der Waals surface area contributed by atoms with E-state index in [1.165, 1.54) is 0 Å². The molecule has 1 amide bonds. The summed E-state index contributed by atoms with van der Waals surface area (Å²) in [5.74, 6) is 0.129. The molecule has 1 rings (SSSR count). The first kappa shape index (κ1) is 9.00. The molecule has 3 nitrogen and oxygen atoms in total. The van der Waals surface area contributed by atoms with Crippen molar-refractivity contribution in [3.63, 3.8) is 0 Å². The number of hydrogen-bond donors (Lipinski definition) is 0. The summed E-state index contributed by atoms with van der Waals surface area (Å²) < 4.78 is 5.30. The maximum absolute atomic E-state index is 11.0. The molecular weight excluding hydrogens is 154 g/mol. The number of rotatable bonds is 5. The second-order valence-corrected chi connectivity index (χ2v) is 2.62. The summed E-state index contributed by atoms with van der Waals surface area (Å²) in [4.78, 5) is 12.6. The van der Waals surface area contributed by atoms with Crippen molar-refractivity contribution in [2.45, 2.75) is 12.6 Å². The molecule has 0 saturated carbocycles. The van der Waals surface area contributed by atoms with E-state index in [9.17, 15) is 4.79 Å². The standard InChI is InChI=1S/C9H13NO2/c1-3-5-10-8(11)7-9(10)12-6-4-2/h3-4,9H,1-2,5-7H2. The molecule has 1 aliphatic rings. The van der Waals surface area contributed by atoms with E-state index >= 15 is 0 Å². The van der Waals surface area contributed by atoms with E-state index in [0.717, 1.165) is 0 Å². The Labute approximate surface area is 72.3 Å². The second-order valence-electron chi connectivity index (χ2n) is 2.62. The first-order valence-electron chi connectivity index (χ1n) is 3.92. The van der Waals surface area contributed by atoms with Crippen LogP contribution in [0.25, 0.3) is 0 Å². The van der Waals surface area contributed by atoms with Crippen molar-refractivity contribution >= 4 is 5.91 Å². The second kappa shape index (κ2) is 4.07. The molecule has 1 atom stereocenters. The SMILES string of the molecule is C=CCOC1CC(=O)N1CC=C. The largest absolute Gasteiger partial charge is 0.354 e. The zero-order valence-corrected chi connectivity index (χ0v) is 7.03. The van der Waals surface area contributed by atoms with Gasteiger partial charge in [0.25, 0.3) is 0 Å². The summed E-state index contributed by atoms with van der Waals surface area (Å²) in [6.45, 7) is 8.16. The smallest absolute Gasteiger partial charge is 0.229 e. The quantitative estimate of drug-likeness (QED) is 0.450. The van der Waals surface area contributed by atoms with Crippen LogP contribution in [0, 0.1) is 0 Å². The Morgan fingerprint density at radius 2 is 2.33 bits per heavy atom. The number of hydrogen-bond acceptors (Lipinski definition) is 2. The molecule has 0 spiro atoms. The molecule has 1 aliphatic heterocycles. The van der Waals surface area contributed by atoms with Gasteiger partial charge >= 0.3 is 0 Å². The maximum atomic E-state index is 11.0. The number of amides is 1. The number of nitrogens with zero attached hydrogens (tertiary/aromatic N) is 1. The van der Waals surface area contributed by atoms with E-state index < -0.39 is 0 Å². The number of ether oxygens (including phenoxy) is 1. The molecule has 66 valence electrons. The highest BCUT2D eigenvalue weighted by Crippen LogP contribution is 2.19. The van der Waals surface area contributed by atoms with Gasteiger partial charge in [-0.3, -0.25) is 4.79 Å². The fraction of sp³-hybridized carbons (Fsp3) is 0.444. The molecule has 0 N–H and O–H groups in total. The Morgan fingerprint density at radius 1 is 1.58 bits per heavy atom. The zero-order valence-electron chi connectivity index (χ0n) is 7.03. The highest BCUT2D eigenvalue weighted by Gasteiger charge is 2.35. The summed E-state index contributed by atoms with van der Waals surface area (Å²) in [5.41, 5.74) is 0. The molecule has 0 aromatic rings. The number of carbonyl (C=O) groups excluding carboxylic acids is 1. The van der Waals surface area contributed by atoms with Crippen LogP contribution in [-0.4, -0.2) is 30.2 Å². The lowest BCUT2D eigenvalue weighted by molar-refractivity contribution is -0.170. The summed E-state index contributed by atoms with van der Waals surface area (Å²) >= 11 is 0. The molecule has 0 bridgehead atoms. The Kier molecular flexibility index (Phi) is 3.05. The molecule has 1 unspecified atom stereocenters. The molecule has 0 radical (unpaired) electrons. The molecular formula is C9H13NO2. The van der Waals surface area contributed by atoms with Crippen LogP contribution in [-0.2, 0) is 9.53 Å². The van der Waals surface area contributed by atoms with E-state index in [0.29, 0.717) is 19.6 Å². The number of likely N-dealkylation sites (tertiary alicyclic amines) is 1. The van der Waals surface area contributed by atoms with E-state index in [1.54, 1.807) is 17.1 Å². The van der Waals surface area contributed by atoms with Crippen molar-refractivity contribution in [1.29, 1.82) is 0 Å². The van der Waals surface area contributed by atoms with Crippen LogP contribution in [0.1, 0.15) is 6.42 Å². The first-order valence-corrected chi connectivity index (χ1v) is 3.92. The van der Waals surface area contributed by atoms with Crippen molar-refractivity contribution in [1.82, 2.24) is 4.90 Å². The van der Waals surface area contributed by atoms with Gasteiger partial charge in [0.1, 0.15) is 6.23 Å². The van der Waals surface area contributed by atoms with Crippen molar-refractivity contribution in [2.75, 3.05) is 13.2 Å². The molecule has 0 aromatic carbocycles. The third-order valence-electron chi connectivity index (χ3n) is 1.75. The van der Waals surface area contributed by atoms with Crippen LogP contribution in [0.2, 0.25) is 0 Å². The fourth-order valence-electron chi connectivity index (χ4n) is 1.11. The minimum Gasteiger partial charge on any atom is -0.354 e. The van der Waals surface area contributed by atoms with Crippen molar-refractivity contribution in [3.05, 3.63) is 25.3 Å². The van der Waals surface area contributed by atoms with Gasteiger partial charge in [-0.2, -0.15) is 0 Å². The Balaban J connectivity index is 2.31. The van der Waals surface area contributed by atoms with Crippen molar-refractivity contribution < 1.29 is 9.53 Å². The third kappa shape index (κ3) is 1.74. The molecule has 1 fully saturated rings. The van der Waals surface area contributed by atoms with E-state index in [4.69, 9.17) is 4.74 Å². The van der Waals surface area contributed by atoms with Crippen LogP contribution >= 0.6 is 0 Å². The molecule has 0 aliphatic carbocycles. The molecule has 1 heterocycles. The highest BCUT2D eigenvalue weighted by atomic mass is 16.5. The van der Waals surface area contributed by atoms with Crippen molar-refractivity contribution in [3.8, 4) is 0 Å². The molecule has 1 saturated heterocycles. The van der Waals surface area contributed by atoms with Crippen LogP contribution in [0.3, 0.4) is 0 Å². The first-order chi connectivity index (χ1) is 5.79. The predicted octanol–water partition coefficient (Wildman–Crippen LogP) is 0.933. The predicted molar refractivity (Wildman–Crippen MR) is 46.5 cm³/mol. The van der Waals surface area contributed by atoms with Gasteiger partial charge in [0.15, 0.2) is 0 Å². The maximum Gasteiger partial charge on any atom is 0.229 e. The number of β-lactam (4-membered cyclic amide) rings is 1. The minimum atomic E-state index is -0.0616. The van der Waals surface area contributed by atoms with E-state index in [2.05, 4.69) is 13.2 Å². The van der Waals surface area contributed by atoms with Crippen LogP contribution in [0.5, 0.6) is 0 Å². The topological polar surface area (TPSA) is 29.5 Å². The highest BCUT2D eigenvalue weighted by molar-refractivity contribution is 5.82. The summed E-state index contributed by atoms with van der Waals surface area (Å²) in [5, 5.41) is 0. The fourth-order valence-corrected chi connectivity index (χ4v) is 1.11. The van der Waals surface area contributed by atoms with Gasteiger partial charge in [0.2, 0.25) is 5.91 Å². The number of carbonyl (C=O) groups is 1. The van der Waals surface area contributed by atoms with Crippen molar-refractivity contribution in [2.24, 2.45) is 0 Å². The van der Waals surface area contributed by atoms with Gasteiger partial charge in [-0.1, -0.05) is 12.2 Å².